The number of anilines is 1. The molecular weight excluding hydrogens is 268 g/mol. The number of rotatable bonds is 6. The summed E-state index contributed by atoms with van der Waals surface area (Å²) >= 11 is 0. The van der Waals surface area contributed by atoms with Crippen LogP contribution in [0.4, 0.5) is 11.5 Å². The molecule has 0 aliphatic heterocycles. The van der Waals surface area contributed by atoms with E-state index in [1.54, 1.807) is 7.05 Å². The summed E-state index contributed by atoms with van der Waals surface area (Å²) in [7, 11) is 1.68. The molecule has 0 fully saturated rings. The van der Waals surface area contributed by atoms with Crippen molar-refractivity contribution in [1.29, 1.82) is 0 Å². The Balaban J connectivity index is 2.05. The zero-order valence-corrected chi connectivity index (χ0v) is 12.5. The Labute approximate surface area is 123 Å². The van der Waals surface area contributed by atoms with Gasteiger partial charge in [0.15, 0.2) is 0 Å². The predicted octanol–water partition coefficient (Wildman–Crippen LogP) is 3.15. The topological polar surface area (TPSA) is 73.0 Å². The minimum atomic E-state index is -0.414. The molecule has 1 aromatic heterocycles. The number of benzene rings is 1. The molecule has 1 aromatic carbocycles. The fourth-order valence-corrected chi connectivity index (χ4v) is 2.18. The zero-order valence-electron chi connectivity index (χ0n) is 12.5. The predicted molar refractivity (Wildman–Crippen MR) is 82.3 cm³/mol. The van der Waals surface area contributed by atoms with E-state index in [0.717, 1.165) is 12.8 Å². The van der Waals surface area contributed by atoms with Gasteiger partial charge in [0.05, 0.1) is 4.92 Å². The molecule has 0 amide bonds. The summed E-state index contributed by atoms with van der Waals surface area (Å²) in [6, 6.07) is 10.2. The molecule has 21 heavy (non-hydrogen) atoms. The number of aryl methyl sites for hydroxylation is 2. The van der Waals surface area contributed by atoms with Crippen LogP contribution < -0.4 is 5.32 Å². The van der Waals surface area contributed by atoms with E-state index in [1.165, 1.54) is 16.4 Å². The van der Waals surface area contributed by atoms with Crippen LogP contribution in [0.1, 0.15) is 25.8 Å². The first-order valence-electron chi connectivity index (χ1n) is 6.87. The highest BCUT2D eigenvalue weighted by molar-refractivity contribution is 5.55. The number of hydrogen-bond donors (Lipinski definition) is 1. The van der Waals surface area contributed by atoms with Crippen molar-refractivity contribution < 1.29 is 4.92 Å². The molecule has 2 rings (SSSR count). The summed E-state index contributed by atoms with van der Waals surface area (Å²) in [6.07, 6.45) is 3.17. The van der Waals surface area contributed by atoms with Gasteiger partial charge in [-0.05, 0) is 32.3 Å². The Kier molecular flexibility index (Phi) is 4.26. The lowest BCUT2D eigenvalue weighted by atomic mass is 9.95. The molecule has 0 spiro atoms. The summed E-state index contributed by atoms with van der Waals surface area (Å²) in [6.45, 7) is 4.04. The fourth-order valence-electron chi connectivity index (χ4n) is 2.18. The van der Waals surface area contributed by atoms with Gasteiger partial charge in [-0.15, -0.1) is 5.10 Å². The van der Waals surface area contributed by atoms with Gasteiger partial charge in [-0.1, -0.05) is 30.3 Å². The molecule has 0 aliphatic rings. The lowest BCUT2D eigenvalue weighted by Crippen LogP contribution is -2.32. The molecule has 6 nitrogen and oxygen atoms in total. The minimum absolute atomic E-state index is 0.00489. The number of nitrogens with one attached hydrogen (secondary N) is 1. The molecule has 1 N–H and O–H groups in total. The Morgan fingerprint density at radius 2 is 2.00 bits per heavy atom. The van der Waals surface area contributed by atoms with Crippen molar-refractivity contribution in [3.8, 4) is 0 Å². The van der Waals surface area contributed by atoms with E-state index in [4.69, 9.17) is 0 Å². The smallest absolute Gasteiger partial charge is 0.330 e. The number of nitrogens with zero attached hydrogens (tertiary/aromatic N) is 3. The van der Waals surface area contributed by atoms with Crippen molar-refractivity contribution in [1.82, 2.24) is 9.78 Å². The summed E-state index contributed by atoms with van der Waals surface area (Å²) in [5.41, 5.74) is 0.975. The van der Waals surface area contributed by atoms with E-state index in [2.05, 4.69) is 22.5 Å². The zero-order chi connectivity index (χ0) is 15.5. The first kappa shape index (κ1) is 15.0. The van der Waals surface area contributed by atoms with Crippen LogP contribution in [-0.2, 0) is 13.5 Å². The van der Waals surface area contributed by atoms with Crippen LogP contribution >= 0.6 is 0 Å². The maximum Gasteiger partial charge on any atom is 0.330 e. The second-order valence-electron chi connectivity index (χ2n) is 5.79. The molecular formula is C15H20N4O2. The Bertz CT molecular complexity index is 620. The van der Waals surface area contributed by atoms with Gasteiger partial charge in [0.1, 0.15) is 6.20 Å². The number of aromatic nitrogens is 2. The normalized spacial score (nSPS) is 11.4. The van der Waals surface area contributed by atoms with Gasteiger partial charge < -0.3 is 5.32 Å². The van der Waals surface area contributed by atoms with Crippen molar-refractivity contribution in [3.63, 3.8) is 0 Å². The number of hydrogen-bond acceptors (Lipinski definition) is 4. The van der Waals surface area contributed by atoms with Crippen LogP contribution in [0, 0.1) is 10.1 Å². The second-order valence-corrected chi connectivity index (χ2v) is 5.79. The maximum absolute atomic E-state index is 11.0. The molecule has 2 aromatic rings. The molecule has 0 atom stereocenters. The third-order valence-electron chi connectivity index (χ3n) is 3.34. The van der Waals surface area contributed by atoms with Crippen LogP contribution in [-0.4, -0.2) is 20.2 Å². The Morgan fingerprint density at radius 1 is 1.33 bits per heavy atom. The molecule has 0 bridgehead atoms. The van der Waals surface area contributed by atoms with Gasteiger partial charge in [0, 0.05) is 12.6 Å². The monoisotopic (exact) mass is 288 g/mol. The van der Waals surface area contributed by atoms with Crippen LogP contribution in [0.25, 0.3) is 0 Å². The van der Waals surface area contributed by atoms with Crippen molar-refractivity contribution in [3.05, 3.63) is 52.2 Å². The highest BCUT2D eigenvalue weighted by Gasteiger charge is 2.25. The van der Waals surface area contributed by atoms with Gasteiger partial charge in [-0.25, -0.2) is 0 Å². The molecule has 1 heterocycles. The number of nitro groups is 1. The molecule has 0 saturated heterocycles. The first-order valence-corrected chi connectivity index (χ1v) is 6.87. The fraction of sp³-hybridized carbons (Fsp3) is 0.400. The second kappa shape index (κ2) is 5.95. The van der Waals surface area contributed by atoms with Gasteiger partial charge in [-0.2, -0.15) is 0 Å². The largest absolute Gasteiger partial charge is 0.358 e. The van der Waals surface area contributed by atoms with Crippen molar-refractivity contribution in [2.24, 2.45) is 7.05 Å². The third kappa shape index (κ3) is 4.05. The van der Waals surface area contributed by atoms with Crippen molar-refractivity contribution >= 4 is 11.5 Å². The van der Waals surface area contributed by atoms with Gasteiger partial charge in [-0.3, -0.25) is 14.8 Å². The van der Waals surface area contributed by atoms with Gasteiger partial charge in [0.25, 0.3) is 0 Å². The van der Waals surface area contributed by atoms with E-state index >= 15 is 0 Å². The SMILES string of the molecule is Cn1cc([N+](=O)[O-])c(NC(C)(C)CCc2ccccc2)n1. The highest BCUT2D eigenvalue weighted by Crippen LogP contribution is 2.26. The molecule has 0 saturated carbocycles. The summed E-state index contributed by atoms with van der Waals surface area (Å²) < 4.78 is 1.45. The lowest BCUT2D eigenvalue weighted by molar-refractivity contribution is -0.384. The molecule has 0 aliphatic carbocycles. The molecule has 6 heteroatoms. The minimum Gasteiger partial charge on any atom is -0.358 e. The summed E-state index contributed by atoms with van der Waals surface area (Å²) in [5.74, 6) is 0.320. The third-order valence-corrected chi connectivity index (χ3v) is 3.34. The van der Waals surface area contributed by atoms with Gasteiger partial charge in [0.2, 0.25) is 5.82 Å². The molecule has 0 radical (unpaired) electrons. The Hall–Kier alpha value is -2.37. The van der Waals surface area contributed by atoms with Crippen molar-refractivity contribution in [2.75, 3.05) is 5.32 Å². The standard InChI is InChI=1S/C15H20N4O2/c1-15(2,10-9-12-7-5-4-6-8-12)16-14-13(19(20)21)11-18(3)17-14/h4-8,11H,9-10H2,1-3H3,(H,16,17). The van der Waals surface area contributed by atoms with E-state index in [9.17, 15) is 10.1 Å². The van der Waals surface area contributed by atoms with Gasteiger partial charge >= 0.3 is 5.69 Å². The van der Waals surface area contributed by atoms with E-state index in [0.29, 0.717) is 5.82 Å². The van der Waals surface area contributed by atoms with Crippen LogP contribution in [0.15, 0.2) is 36.5 Å². The lowest BCUT2D eigenvalue weighted by Gasteiger charge is -2.26. The van der Waals surface area contributed by atoms with Crippen LogP contribution in [0.2, 0.25) is 0 Å². The van der Waals surface area contributed by atoms with E-state index in [1.807, 2.05) is 32.0 Å². The quantitative estimate of drug-likeness (QED) is 0.654. The van der Waals surface area contributed by atoms with E-state index < -0.39 is 4.92 Å². The van der Waals surface area contributed by atoms with Crippen LogP contribution in [0.5, 0.6) is 0 Å². The summed E-state index contributed by atoms with van der Waals surface area (Å²) in [5, 5.41) is 18.3. The average molecular weight is 288 g/mol. The molecule has 112 valence electrons. The Morgan fingerprint density at radius 3 is 2.62 bits per heavy atom. The van der Waals surface area contributed by atoms with Crippen molar-refractivity contribution in [2.45, 2.75) is 32.2 Å². The first-order chi connectivity index (χ1) is 9.87. The van der Waals surface area contributed by atoms with Crippen LogP contribution in [0.3, 0.4) is 0 Å². The highest BCUT2D eigenvalue weighted by atomic mass is 16.6. The van der Waals surface area contributed by atoms with E-state index in [-0.39, 0.29) is 11.2 Å². The summed E-state index contributed by atoms with van der Waals surface area (Å²) in [4.78, 5) is 10.6. The average Bonchev–Trinajstić information content (AvgIpc) is 2.78. The molecule has 0 unspecified atom stereocenters. The maximum atomic E-state index is 11.0.